The molecule has 1 aromatic rings. The van der Waals surface area contributed by atoms with Crippen LogP contribution in [0.5, 0.6) is 0 Å². The summed E-state index contributed by atoms with van der Waals surface area (Å²) in [5, 5.41) is 0. The highest BCUT2D eigenvalue weighted by Gasteiger charge is 2.27. The molecule has 1 aromatic heterocycles. The van der Waals surface area contributed by atoms with Gasteiger partial charge in [-0.25, -0.2) is 4.79 Å². The summed E-state index contributed by atoms with van der Waals surface area (Å²) in [5.74, 6) is 9.44. The van der Waals surface area contributed by atoms with Crippen molar-refractivity contribution in [3.05, 3.63) is 34.0 Å². The molecule has 1 saturated heterocycles. The lowest BCUT2D eigenvalue weighted by Crippen LogP contribution is -2.26. The molecule has 142 valence electrons. The number of carbonyl (C=O) groups is 2. The fourth-order valence-electron chi connectivity index (χ4n) is 2.69. The molecule has 5 heteroatoms. The fourth-order valence-corrected chi connectivity index (χ4v) is 3.46. The van der Waals surface area contributed by atoms with Crippen molar-refractivity contribution in [1.29, 1.82) is 0 Å². The molecule has 0 spiro atoms. The molecule has 0 radical (unpaired) electrons. The van der Waals surface area contributed by atoms with Gasteiger partial charge in [-0.2, -0.15) is 0 Å². The molecule has 1 aliphatic rings. The minimum Gasteiger partial charge on any atom is -0.465 e. The number of likely N-dealkylation sites (tertiary alicyclic amines) is 1. The normalized spacial score (nSPS) is 17.2. The summed E-state index contributed by atoms with van der Waals surface area (Å²) in [6, 6.07) is 6.44. The van der Waals surface area contributed by atoms with E-state index in [1.165, 1.54) is 18.4 Å². The van der Waals surface area contributed by atoms with Gasteiger partial charge in [0.15, 0.2) is 0 Å². The van der Waals surface area contributed by atoms with Crippen LogP contribution < -0.4 is 0 Å². The number of hydrogen-bond donors (Lipinski definition) is 0. The first-order valence-electron chi connectivity index (χ1n) is 9.19. The van der Waals surface area contributed by atoms with Crippen LogP contribution in [-0.2, 0) is 9.53 Å². The molecule has 27 heavy (non-hydrogen) atoms. The van der Waals surface area contributed by atoms with Gasteiger partial charge in [-0.1, -0.05) is 26.0 Å². The number of rotatable bonds is 5. The molecular weight excluding hydrogens is 358 g/mol. The minimum absolute atomic E-state index is 0.0129. The molecule has 2 heterocycles. The molecule has 0 bridgehead atoms. The second-order valence-electron chi connectivity index (χ2n) is 6.44. The number of allylic oxidation sites excluding steroid dienone is 1. The number of carbonyl (C=O) groups excluding carboxylic acids is 2. The molecule has 4 nitrogen and oxygen atoms in total. The summed E-state index contributed by atoms with van der Waals surface area (Å²) >= 11 is 1.27. The van der Waals surface area contributed by atoms with Crippen LogP contribution in [0.15, 0.2) is 24.3 Å². The Bertz CT molecular complexity index is 816. The zero-order valence-corrected chi connectivity index (χ0v) is 16.9. The van der Waals surface area contributed by atoms with Crippen molar-refractivity contribution in [2.75, 3.05) is 7.11 Å². The van der Waals surface area contributed by atoms with Crippen molar-refractivity contribution < 1.29 is 14.3 Å². The quantitative estimate of drug-likeness (QED) is 0.434. The van der Waals surface area contributed by atoms with Gasteiger partial charge in [-0.3, -0.25) is 9.69 Å². The molecular formula is C22H25NO3S. The van der Waals surface area contributed by atoms with E-state index in [-0.39, 0.29) is 17.9 Å². The van der Waals surface area contributed by atoms with Gasteiger partial charge in [0.25, 0.3) is 0 Å². The van der Waals surface area contributed by atoms with Gasteiger partial charge in [-0.05, 0) is 36.8 Å². The maximum atomic E-state index is 12.1. The summed E-state index contributed by atoms with van der Waals surface area (Å²) < 4.78 is 4.70. The van der Waals surface area contributed by atoms with Crippen LogP contribution in [-0.4, -0.2) is 29.9 Å². The smallest absolute Gasteiger partial charge is 0.348 e. The Morgan fingerprint density at radius 3 is 3.00 bits per heavy atom. The molecule has 0 saturated carbocycles. The number of thiophene rings is 1. The minimum atomic E-state index is -0.371. The van der Waals surface area contributed by atoms with Crippen LogP contribution in [0.2, 0.25) is 0 Å². The van der Waals surface area contributed by atoms with Crippen molar-refractivity contribution in [3.63, 3.8) is 0 Å². The second-order valence-corrected chi connectivity index (χ2v) is 7.53. The highest BCUT2D eigenvalue weighted by atomic mass is 32.1. The number of methoxy groups -OCH3 is 1. The van der Waals surface area contributed by atoms with Crippen molar-refractivity contribution in [2.24, 2.45) is 5.92 Å². The van der Waals surface area contributed by atoms with Gasteiger partial charge in [-0.15, -0.1) is 23.2 Å². The lowest BCUT2D eigenvalue weighted by atomic mass is 10.0. The van der Waals surface area contributed by atoms with Crippen LogP contribution in [0.4, 0.5) is 0 Å². The third-order valence-electron chi connectivity index (χ3n) is 4.20. The topological polar surface area (TPSA) is 46.6 Å². The summed E-state index contributed by atoms with van der Waals surface area (Å²) in [7, 11) is 1.35. The molecule has 0 aliphatic carbocycles. The summed E-state index contributed by atoms with van der Waals surface area (Å²) in [6.07, 6.45) is 8.25. The summed E-state index contributed by atoms with van der Waals surface area (Å²) in [5.41, 5.74) is 0. The number of ether oxygens (including phenoxy) is 1. The maximum Gasteiger partial charge on any atom is 0.348 e. The number of nitrogens with zero attached hydrogens (tertiary/aromatic N) is 1. The number of amides is 1. The van der Waals surface area contributed by atoms with Crippen molar-refractivity contribution >= 4 is 23.2 Å². The van der Waals surface area contributed by atoms with Gasteiger partial charge in [0.2, 0.25) is 5.91 Å². The average Bonchev–Trinajstić information content (AvgIpc) is 3.27. The van der Waals surface area contributed by atoms with E-state index < -0.39 is 0 Å². The molecule has 1 aliphatic heterocycles. The molecule has 2 unspecified atom stereocenters. The third-order valence-corrected chi connectivity index (χ3v) is 5.18. The van der Waals surface area contributed by atoms with E-state index in [9.17, 15) is 9.59 Å². The van der Waals surface area contributed by atoms with E-state index in [1.807, 2.05) is 0 Å². The molecule has 1 fully saturated rings. The summed E-state index contributed by atoms with van der Waals surface area (Å²) in [6.45, 7) is 4.23. The second kappa shape index (κ2) is 10.6. The van der Waals surface area contributed by atoms with Crippen LogP contribution in [0.25, 0.3) is 0 Å². The molecule has 2 rings (SSSR count). The predicted octanol–water partition coefficient (Wildman–Crippen LogP) is 4.22. The molecule has 1 amide bonds. The first-order chi connectivity index (χ1) is 13.0. The predicted molar refractivity (Wildman–Crippen MR) is 108 cm³/mol. The molecule has 2 atom stereocenters. The lowest BCUT2D eigenvalue weighted by Gasteiger charge is -2.14. The highest BCUT2D eigenvalue weighted by molar-refractivity contribution is 7.14. The Labute approximate surface area is 165 Å². The first kappa shape index (κ1) is 20.8. The fraction of sp³-hybridized carbons (Fsp3) is 0.455. The van der Waals surface area contributed by atoms with Crippen LogP contribution >= 0.6 is 11.3 Å². The molecule has 0 aromatic carbocycles. The van der Waals surface area contributed by atoms with Crippen molar-refractivity contribution in [1.82, 2.24) is 4.90 Å². The Kier molecular flexibility index (Phi) is 8.17. The maximum absolute atomic E-state index is 12.1. The van der Waals surface area contributed by atoms with E-state index >= 15 is 0 Å². The van der Waals surface area contributed by atoms with Crippen molar-refractivity contribution in [2.45, 2.75) is 52.0 Å². The monoisotopic (exact) mass is 383 g/mol. The SMILES string of the molecule is CCC#CCC(C)C/C=C/C1CCC(=O)N1C#Cc1ccc(C(=O)OC)s1. The highest BCUT2D eigenvalue weighted by Crippen LogP contribution is 2.21. The van der Waals surface area contributed by atoms with E-state index in [2.05, 4.69) is 49.8 Å². The Balaban J connectivity index is 1.97. The zero-order valence-electron chi connectivity index (χ0n) is 16.1. The van der Waals surface area contributed by atoms with E-state index in [0.717, 1.165) is 30.6 Å². The zero-order chi connectivity index (χ0) is 19.6. The van der Waals surface area contributed by atoms with E-state index in [0.29, 0.717) is 17.2 Å². The van der Waals surface area contributed by atoms with Crippen molar-refractivity contribution in [3.8, 4) is 23.8 Å². The lowest BCUT2D eigenvalue weighted by molar-refractivity contribution is -0.125. The van der Waals surface area contributed by atoms with Gasteiger partial charge in [0.1, 0.15) is 4.88 Å². The van der Waals surface area contributed by atoms with Crippen LogP contribution in [0.3, 0.4) is 0 Å². The number of esters is 1. The Morgan fingerprint density at radius 1 is 1.44 bits per heavy atom. The van der Waals surface area contributed by atoms with Gasteiger partial charge < -0.3 is 4.74 Å². The van der Waals surface area contributed by atoms with E-state index in [1.54, 1.807) is 17.0 Å². The van der Waals surface area contributed by atoms with Crippen LogP contribution in [0.1, 0.15) is 60.5 Å². The average molecular weight is 384 g/mol. The van der Waals surface area contributed by atoms with Crippen LogP contribution in [0, 0.1) is 29.7 Å². The largest absolute Gasteiger partial charge is 0.465 e. The Hall–Kier alpha value is -2.50. The third kappa shape index (κ3) is 6.31. The van der Waals surface area contributed by atoms with Gasteiger partial charge >= 0.3 is 5.97 Å². The molecule has 0 N–H and O–H groups in total. The van der Waals surface area contributed by atoms with Gasteiger partial charge in [0, 0.05) is 25.3 Å². The number of hydrogen-bond acceptors (Lipinski definition) is 4. The summed E-state index contributed by atoms with van der Waals surface area (Å²) in [4.78, 5) is 26.5. The first-order valence-corrected chi connectivity index (χ1v) is 10.0. The van der Waals surface area contributed by atoms with E-state index in [4.69, 9.17) is 4.74 Å². The van der Waals surface area contributed by atoms with Gasteiger partial charge in [0.05, 0.1) is 18.0 Å². The Morgan fingerprint density at radius 2 is 2.26 bits per heavy atom. The standard InChI is InChI=1S/C22H25NO3S/c1-4-5-6-8-17(2)9-7-10-18-11-14-21(24)23(18)16-15-19-12-13-20(27-19)22(25)26-3/h7,10,12-13,17-18H,4,8-9,11,14H2,1-3H3/b10-7+.